The first-order valence-corrected chi connectivity index (χ1v) is 9.24. The molecule has 0 amide bonds. The summed E-state index contributed by atoms with van der Waals surface area (Å²) in [7, 11) is 0. The van der Waals surface area contributed by atoms with Gasteiger partial charge in [-0.1, -0.05) is 46.8 Å². The molecule has 0 bridgehead atoms. The highest BCUT2D eigenvalue weighted by atomic mass is 16.2. The van der Waals surface area contributed by atoms with Crippen LogP contribution >= 0.6 is 0 Å². The molecule has 0 saturated heterocycles. The number of rotatable bonds is 5. The Balaban J connectivity index is 0.00000123. The highest BCUT2D eigenvalue weighted by Gasteiger charge is 2.29. The number of aryl methyl sites for hydroxylation is 2. The minimum Gasteiger partial charge on any atom is -0.361 e. The quantitative estimate of drug-likeness (QED) is 0.837. The summed E-state index contributed by atoms with van der Waals surface area (Å²) in [6.07, 6.45) is 3.00. The minimum atomic E-state index is -0.490. The summed E-state index contributed by atoms with van der Waals surface area (Å²) in [4.78, 5) is 25.6. The van der Waals surface area contributed by atoms with E-state index in [2.05, 4.69) is 25.1 Å². The van der Waals surface area contributed by atoms with E-state index in [1.54, 1.807) is 6.92 Å². The molecule has 1 atom stereocenters. The lowest BCUT2D eigenvalue weighted by Crippen LogP contribution is -2.46. The highest BCUT2D eigenvalue weighted by molar-refractivity contribution is 6.40. The lowest BCUT2D eigenvalue weighted by Gasteiger charge is -2.35. The molecule has 136 valence electrons. The molecule has 4 nitrogen and oxygen atoms in total. The Labute approximate surface area is 147 Å². The number of carbonyl (C=O) groups is 2. The van der Waals surface area contributed by atoms with Gasteiger partial charge in [0.15, 0.2) is 0 Å². The molecule has 0 fully saturated rings. The normalized spacial score (nSPS) is 13.5. The molecule has 0 saturated carbocycles. The minimum absolute atomic E-state index is 0.209. The van der Waals surface area contributed by atoms with E-state index in [-0.39, 0.29) is 12.3 Å². The smallest absolute Gasteiger partial charge is 0.221 e. The molecule has 1 aliphatic heterocycles. The van der Waals surface area contributed by atoms with Crippen LogP contribution in [0.1, 0.15) is 59.1 Å². The van der Waals surface area contributed by atoms with Gasteiger partial charge in [0, 0.05) is 12.2 Å². The Morgan fingerprint density at radius 2 is 1.83 bits per heavy atom. The third kappa shape index (κ3) is 5.45. The van der Waals surface area contributed by atoms with E-state index in [9.17, 15) is 9.59 Å². The summed E-state index contributed by atoms with van der Waals surface area (Å²) in [5.41, 5.74) is 8.90. The topological polar surface area (TPSA) is 63.4 Å². The van der Waals surface area contributed by atoms with Crippen LogP contribution in [0.5, 0.6) is 0 Å². The van der Waals surface area contributed by atoms with Gasteiger partial charge in [-0.05, 0) is 43.4 Å². The van der Waals surface area contributed by atoms with Gasteiger partial charge < -0.3 is 10.6 Å². The van der Waals surface area contributed by atoms with E-state index in [0.717, 1.165) is 31.5 Å². The third-order valence-electron chi connectivity index (χ3n) is 4.02. The van der Waals surface area contributed by atoms with Crippen molar-refractivity contribution in [1.29, 1.82) is 0 Å². The van der Waals surface area contributed by atoms with Gasteiger partial charge in [0.1, 0.15) is 0 Å². The Morgan fingerprint density at radius 3 is 2.38 bits per heavy atom. The number of hydrogen-bond acceptors (Lipinski definition) is 4. The maximum Gasteiger partial charge on any atom is 0.221 e. The Hall–Kier alpha value is -1.68. The van der Waals surface area contributed by atoms with Crippen molar-refractivity contribution < 1.29 is 9.59 Å². The van der Waals surface area contributed by atoms with Gasteiger partial charge >= 0.3 is 0 Å². The van der Waals surface area contributed by atoms with Crippen molar-refractivity contribution in [3.63, 3.8) is 0 Å². The largest absolute Gasteiger partial charge is 0.361 e. The summed E-state index contributed by atoms with van der Waals surface area (Å²) in [5.74, 6) is -0.876. The lowest BCUT2D eigenvalue weighted by molar-refractivity contribution is -0.136. The summed E-state index contributed by atoms with van der Waals surface area (Å²) in [5, 5.41) is 0. The van der Waals surface area contributed by atoms with Crippen LogP contribution in [0.25, 0.3) is 0 Å². The number of anilines is 1. The van der Waals surface area contributed by atoms with E-state index in [0.29, 0.717) is 0 Å². The van der Waals surface area contributed by atoms with Gasteiger partial charge in [0.05, 0.1) is 12.6 Å². The van der Waals surface area contributed by atoms with Crippen LogP contribution in [-0.4, -0.2) is 30.7 Å². The maximum atomic E-state index is 12.1. The zero-order valence-corrected chi connectivity index (χ0v) is 16.2. The predicted octanol–water partition coefficient (Wildman–Crippen LogP) is 3.54. The number of hydrogen-bond donors (Lipinski definition) is 1. The summed E-state index contributed by atoms with van der Waals surface area (Å²) in [6.45, 7) is 12.5. The average molecular weight is 335 g/mol. The number of nitrogens with two attached hydrogens (primary N) is 1. The molecule has 2 rings (SSSR count). The van der Waals surface area contributed by atoms with Gasteiger partial charge in [0.25, 0.3) is 0 Å². The highest BCUT2D eigenvalue weighted by Crippen LogP contribution is 2.30. The molecule has 1 aromatic rings. The number of fused-ring (bicyclic) bond motifs is 1. The molecule has 2 N–H and O–H groups in total. The van der Waals surface area contributed by atoms with Crippen molar-refractivity contribution in [2.45, 2.75) is 66.8 Å². The van der Waals surface area contributed by atoms with Gasteiger partial charge in [-0.3, -0.25) is 9.59 Å². The molecule has 4 heteroatoms. The van der Waals surface area contributed by atoms with E-state index in [1.807, 2.05) is 32.6 Å². The van der Waals surface area contributed by atoms with Crippen molar-refractivity contribution in [2.24, 2.45) is 5.73 Å². The van der Waals surface area contributed by atoms with Crippen LogP contribution in [0.4, 0.5) is 5.69 Å². The summed E-state index contributed by atoms with van der Waals surface area (Å²) >= 11 is 0. The Bertz CT molecular complexity index is 526. The fourth-order valence-electron chi connectivity index (χ4n) is 2.75. The van der Waals surface area contributed by atoms with Gasteiger partial charge in [-0.25, -0.2) is 0 Å². The van der Waals surface area contributed by atoms with Crippen LogP contribution in [0.2, 0.25) is 0 Å². The molecule has 1 unspecified atom stereocenters. The second-order valence-electron chi connectivity index (χ2n) is 5.28. The predicted molar refractivity (Wildman–Crippen MR) is 103 cm³/mol. The fourth-order valence-corrected chi connectivity index (χ4v) is 2.75. The zero-order valence-electron chi connectivity index (χ0n) is 16.2. The maximum absolute atomic E-state index is 12.1. The monoisotopic (exact) mass is 334 g/mol. The van der Waals surface area contributed by atoms with Crippen molar-refractivity contribution >= 4 is 17.3 Å². The van der Waals surface area contributed by atoms with Crippen LogP contribution in [0, 0.1) is 0 Å². The van der Waals surface area contributed by atoms with E-state index < -0.39 is 11.8 Å². The van der Waals surface area contributed by atoms with Gasteiger partial charge in [-0.15, -0.1) is 0 Å². The first-order chi connectivity index (χ1) is 11.6. The Kier molecular flexibility index (Phi) is 11.0. The molecule has 1 aromatic carbocycles. The van der Waals surface area contributed by atoms with Crippen molar-refractivity contribution in [3.05, 3.63) is 29.3 Å². The number of Topliss-reactive ketones (excluding diaryl/α,β-unsaturated/α-hetero) is 2. The lowest BCUT2D eigenvalue weighted by atomic mass is 9.96. The molecule has 1 heterocycles. The van der Waals surface area contributed by atoms with Crippen LogP contribution in [-0.2, 0) is 22.4 Å². The van der Waals surface area contributed by atoms with Crippen LogP contribution in [0.15, 0.2) is 18.2 Å². The second kappa shape index (κ2) is 11.8. The molecule has 0 radical (unpaired) electrons. The first-order valence-electron chi connectivity index (χ1n) is 9.24. The van der Waals surface area contributed by atoms with E-state index >= 15 is 0 Å². The third-order valence-corrected chi connectivity index (χ3v) is 4.02. The van der Waals surface area contributed by atoms with Crippen LogP contribution in [0.3, 0.4) is 0 Å². The van der Waals surface area contributed by atoms with Crippen LogP contribution < -0.4 is 10.6 Å². The zero-order chi connectivity index (χ0) is 18.7. The van der Waals surface area contributed by atoms with E-state index in [4.69, 9.17) is 5.73 Å². The Morgan fingerprint density at radius 1 is 1.21 bits per heavy atom. The number of benzene rings is 1. The van der Waals surface area contributed by atoms with Gasteiger partial charge in [0.2, 0.25) is 11.6 Å². The SMILES string of the molecule is CC.CC.CCc1ccc2c(c1)N(C(C)C(=O)C(=O)CN)CCC2. The number of ketones is 2. The molecule has 0 spiro atoms. The fraction of sp³-hybridized carbons (Fsp3) is 0.600. The standard InChI is InChI=1S/C16H22N2O2.2C2H6/c1-3-12-6-7-13-5-4-8-18(14(13)9-12)11(2)16(20)15(19)10-17;2*1-2/h6-7,9,11H,3-5,8,10,17H2,1-2H3;2*1-2H3. The number of nitrogens with zero attached hydrogens (tertiary/aromatic N) is 1. The van der Waals surface area contributed by atoms with E-state index in [1.165, 1.54) is 11.1 Å². The molecular formula is C20H34N2O2. The van der Waals surface area contributed by atoms with Crippen molar-refractivity contribution in [2.75, 3.05) is 18.0 Å². The summed E-state index contributed by atoms with van der Waals surface area (Å²) in [6, 6.07) is 5.99. The van der Waals surface area contributed by atoms with Crippen molar-refractivity contribution in [3.8, 4) is 0 Å². The van der Waals surface area contributed by atoms with Crippen molar-refractivity contribution in [1.82, 2.24) is 0 Å². The molecular weight excluding hydrogens is 300 g/mol. The first kappa shape index (κ1) is 22.3. The second-order valence-corrected chi connectivity index (χ2v) is 5.28. The average Bonchev–Trinajstić information content (AvgIpc) is 2.68. The molecule has 0 aliphatic carbocycles. The number of carbonyl (C=O) groups excluding carboxylic acids is 2. The molecule has 0 aromatic heterocycles. The molecule has 1 aliphatic rings. The summed E-state index contributed by atoms with van der Waals surface area (Å²) < 4.78 is 0. The van der Waals surface area contributed by atoms with Gasteiger partial charge in [-0.2, -0.15) is 0 Å². The molecule has 24 heavy (non-hydrogen) atoms.